The van der Waals surface area contributed by atoms with E-state index in [-0.39, 0.29) is 12.2 Å². The van der Waals surface area contributed by atoms with E-state index in [1.807, 2.05) is 0 Å². The van der Waals surface area contributed by atoms with E-state index in [4.69, 9.17) is 0 Å². The molecule has 0 aromatic carbocycles. The summed E-state index contributed by atoms with van der Waals surface area (Å²) in [6.07, 6.45) is -0.0473. The lowest BCUT2D eigenvalue weighted by molar-refractivity contribution is -0.142. The molecule has 0 N–H and O–H groups in total. The molecule has 0 radical (unpaired) electrons. The van der Waals surface area contributed by atoms with E-state index in [0.29, 0.717) is 6.61 Å². The van der Waals surface area contributed by atoms with Crippen LogP contribution >= 0.6 is 0 Å². The molecule has 0 atom stereocenters. The summed E-state index contributed by atoms with van der Waals surface area (Å²) >= 11 is 0. The monoisotopic (exact) mass is 208 g/mol. The second-order valence-corrected chi connectivity index (χ2v) is 5.65. The molecule has 0 rings (SSSR count). The van der Waals surface area contributed by atoms with Crippen LogP contribution in [0.1, 0.15) is 27.2 Å². The van der Waals surface area contributed by atoms with E-state index < -0.39 is 21.1 Å². The van der Waals surface area contributed by atoms with Gasteiger partial charge in [-0.15, -0.1) is 0 Å². The van der Waals surface area contributed by atoms with Gasteiger partial charge in [-0.2, -0.15) is 0 Å². The predicted octanol–water partition coefficient (Wildman–Crippen LogP) is 0.763. The minimum absolute atomic E-state index is 0.0473. The molecule has 4 nitrogen and oxygen atoms in total. The molecule has 0 saturated heterocycles. The van der Waals surface area contributed by atoms with Crippen LogP contribution in [0.4, 0.5) is 0 Å². The molecule has 0 unspecified atom stereocenters. The highest BCUT2D eigenvalue weighted by Crippen LogP contribution is 2.03. The second-order valence-electron chi connectivity index (χ2n) is 2.97. The van der Waals surface area contributed by atoms with Crippen molar-refractivity contribution in [3.05, 3.63) is 0 Å². The van der Waals surface area contributed by atoms with Gasteiger partial charge in [0.2, 0.25) is 0 Å². The maximum Gasteiger partial charge on any atom is 0.306 e. The van der Waals surface area contributed by atoms with Crippen molar-refractivity contribution in [2.75, 3.05) is 12.4 Å². The topological polar surface area (TPSA) is 60.4 Å². The van der Waals surface area contributed by atoms with Crippen molar-refractivity contribution in [1.82, 2.24) is 0 Å². The third kappa shape index (κ3) is 4.87. The van der Waals surface area contributed by atoms with Gasteiger partial charge in [-0.25, -0.2) is 8.42 Å². The Kier molecular flexibility index (Phi) is 4.98. The number of esters is 1. The van der Waals surface area contributed by atoms with Crippen LogP contribution in [-0.4, -0.2) is 32.0 Å². The van der Waals surface area contributed by atoms with Gasteiger partial charge in [0.25, 0.3) is 0 Å². The van der Waals surface area contributed by atoms with Crippen LogP contribution in [0.2, 0.25) is 0 Å². The number of carbonyl (C=O) groups excluding carboxylic acids is 1. The Morgan fingerprint density at radius 2 is 1.92 bits per heavy atom. The number of hydrogen-bond acceptors (Lipinski definition) is 4. The Labute approximate surface area is 79.2 Å². The summed E-state index contributed by atoms with van der Waals surface area (Å²) in [5.74, 6) is -0.574. The van der Waals surface area contributed by atoms with Crippen LogP contribution in [0.5, 0.6) is 0 Å². The molecule has 0 saturated carbocycles. The number of ether oxygens (including phenoxy) is 1. The van der Waals surface area contributed by atoms with Crippen molar-refractivity contribution in [3.63, 3.8) is 0 Å². The molecule has 0 bridgehead atoms. The molecule has 0 amide bonds. The molecule has 0 heterocycles. The van der Waals surface area contributed by atoms with Crippen LogP contribution in [0.15, 0.2) is 0 Å². The van der Waals surface area contributed by atoms with Gasteiger partial charge in [-0.1, -0.05) is 0 Å². The molecule has 0 spiro atoms. The van der Waals surface area contributed by atoms with E-state index in [9.17, 15) is 13.2 Å². The number of rotatable bonds is 5. The van der Waals surface area contributed by atoms with Crippen molar-refractivity contribution in [2.24, 2.45) is 0 Å². The standard InChI is InChI=1S/C8H16O4S/c1-4-12-8(9)5-6-13(10,11)7(2)3/h7H,4-6H2,1-3H3. The maximum atomic E-state index is 11.2. The third-order valence-corrected chi connectivity index (χ3v) is 3.82. The molecule has 78 valence electrons. The molecule has 0 aromatic heterocycles. The molecule has 5 heteroatoms. The lowest BCUT2D eigenvalue weighted by Gasteiger charge is -2.06. The summed E-state index contributed by atoms with van der Waals surface area (Å²) in [4.78, 5) is 10.8. The summed E-state index contributed by atoms with van der Waals surface area (Å²) in [6.45, 7) is 5.18. The van der Waals surface area contributed by atoms with E-state index >= 15 is 0 Å². The van der Waals surface area contributed by atoms with Gasteiger partial charge in [0.1, 0.15) is 0 Å². The van der Waals surface area contributed by atoms with Gasteiger partial charge in [0, 0.05) is 0 Å². The van der Waals surface area contributed by atoms with Crippen molar-refractivity contribution in [2.45, 2.75) is 32.4 Å². The van der Waals surface area contributed by atoms with E-state index in [1.54, 1.807) is 20.8 Å². The lowest BCUT2D eigenvalue weighted by Crippen LogP contribution is -2.20. The quantitative estimate of drug-likeness (QED) is 0.626. The molecule has 0 aliphatic carbocycles. The number of carbonyl (C=O) groups is 1. The first-order valence-corrected chi connectivity index (χ1v) is 5.99. The molecule has 0 aliphatic rings. The highest BCUT2D eigenvalue weighted by molar-refractivity contribution is 7.91. The van der Waals surface area contributed by atoms with Gasteiger partial charge in [0.15, 0.2) is 9.84 Å². The average Bonchev–Trinajstić information content (AvgIpc) is 2.01. The Morgan fingerprint density at radius 1 is 1.38 bits per heavy atom. The Morgan fingerprint density at radius 3 is 2.31 bits per heavy atom. The van der Waals surface area contributed by atoms with Gasteiger partial charge in [0.05, 0.1) is 24.0 Å². The highest BCUT2D eigenvalue weighted by Gasteiger charge is 2.17. The number of hydrogen-bond donors (Lipinski definition) is 0. The fraction of sp³-hybridized carbons (Fsp3) is 0.875. The van der Waals surface area contributed by atoms with Crippen molar-refractivity contribution in [1.29, 1.82) is 0 Å². The van der Waals surface area contributed by atoms with Gasteiger partial charge < -0.3 is 4.74 Å². The Balaban J connectivity index is 3.96. The average molecular weight is 208 g/mol. The summed E-state index contributed by atoms with van der Waals surface area (Å²) < 4.78 is 27.1. The largest absolute Gasteiger partial charge is 0.466 e. The fourth-order valence-electron chi connectivity index (χ4n) is 0.694. The molecule has 0 aromatic rings. The Hall–Kier alpha value is -0.580. The normalized spacial score (nSPS) is 11.7. The minimum atomic E-state index is -3.11. The van der Waals surface area contributed by atoms with Crippen molar-refractivity contribution >= 4 is 15.8 Å². The predicted molar refractivity (Wildman–Crippen MR) is 50.2 cm³/mol. The SMILES string of the molecule is CCOC(=O)CCS(=O)(=O)C(C)C. The summed E-state index contributed by atoms with van der Waals surface area (Å²) in [5, 5.41) is -0.429. The highest BCUT2D eigenvalue weighted by atomic mass is 32.2. The van der Waals surface area contributed by atoms with Crippen LogP contribution in [0, 0.1) is 0 Å². The maximum absolute atomic E-state index is 11.2. The van der Waals surface area contributed by atoms with Crippen LogP contribution in [0.25, 0.3) is 0 Å². The second kappa shape index (κ2) is 5.21. The molecule has 13 heavy (non-hydrogen) atoms. The van der Waals surface area contributed by atoms with E-state index in [2.05, 4.69) is 4.74 Å². The summed E-state index contributed by atoms with van der Waals surface area (Å²) in [6, 6.07) is 0. The third-order valence-electron chi connectivity index (χ3n) is 1.61. The summed E-state index contributed by atoms with van der Waals surface area (Å²) in [5.41, 5.74) is 0. The zero-order valence-electron chi connectivity index (χ0n) is 8.24. The molecule has 0 aliphatic heterocycles. The first-order valence-electron chi connectivity index (χ1n) is 4.27. The zero-order chi connectivity index (χ0) is 10.5. The van der Waals surface area contributed by atoms with Gasteiger partial charge in [-0.05, 0) is 20.8 Å². The minimum Gasteiger partial charge on any atom is -0.466 e. The lowest BCUT2D eigenvalue weighted by atomic mass is 10.5. The van der Waals surface area contributed by atoms with E-state index in [0.717, 1.165) is 0 Å². The summed E-state index contributed by atoms with van der Waals surface area (Å²) in [7, 11) is -3.11. The fourth-order valence-corrected chi connectivity index (χ4v) is 1.62. The van der Waals surface area contributed by atoms with Crippen LogP contribution < -0.4 is 0 Å². The van der Waals surface area contributed by atoms with Gasteiger partial charge in [-0.3, -0.25) is 4.79 Å². The molecular formula is C8H16O4S. The van der Waals surface area contributed by atoms with E-state index in [1.165, 1.54) is 0 Å². The first kappa shape index (κ1) is 12.4. The molecular weight excluding hydrogens is 192 g/mol. The van der Waals surface area contributed by atoms with Crippen LogP contribution in [-0.2, 0) is 19.4 Å². The Bertz CT molecular complexity index is 253. The smallest absolute Gasteiger partial charge is 0.306 e. The first-order chi connectivity index (χ1) is 5.90. The number of sulfone groups is 1. The van der Waals surface area contributed by atoms with Crippen molar-refractivity contribution < 1.29 is 17.9 Å². The van der Waals surface area contributed by atoms with Gasteiger partial charge >= 0.3 is 5.97 Å². The zero-order valence-corrected chi connectivity index (χ0v) is 9.06. The van der Waals surface area contributed by atoms with Crippen molar-refractivity contribution in [3.8, 4) is 0 Å². The molecule has 0 fully saturated rings. The van der Waals surface area contributed by atoms with Crippen LogP contribution in [0.3, 0.4) is 0 Å².